The molecule has 1 aromatic carbocycles. The van der Waals surface area contributed by atoms with Gasteiger partial charge in [0.05, 0.1) is 23.0 Å². The summed E-state index contributed by atoms with van der Waals surface area (Å²) in [6.07, 6.45) is 10.5. The van der Waals surface area contributed by atoms with Crippen LogP contribution in [0.1, 0.15) is 63.6 Å². The van der Waals surface area contributed by atoms with E-state index in [1.807, 2.05) is 40.8 Å². The zero-order chi connectivity index (χ0) is 20.7. The number of hydrogen-bond acceptors (Lipinski definition) is 3. The van der Waals surface area contributed by atoms with E-state index >= 15 is 0 Å². The molecular weight excluding hydrogens is 376 g/mol. The van der Waals surface area contributed by atoms with Crippen molar-refractivity contribution in [2.24, 2.45) is 12.5 Å². The Morgan fingerprint density at radius 2 is 2.00 bits per heavy atom. The number of likely N-dealkylation sites (tertiary alicyclic amines) is 1. The Morgan fingerprint density at radius 3 is 2.80 bits per heavy atom. The van der Waals surface area contributed by atoms with E-state index in [1.54, 1.807) is 0 Å². The minimum Gasteiger partial charge on any atom is -0.348 e. The SMILES string of the molecule is Cn1c(CNC(=O)C23CCCC=C2N(C2CCCC2)C(=O)CC3)nc2ccccc21. The summed E-state index contributed by atoms with van der Waals surface area (Å²) in [5.41, 5.74) is 2.42. The van der Waals surface area contributed by atoms with Crippen LogP contribution in [0.5, 0.6) is 0 Å². The molecule has 1 atom stereocenters. The Balaban J connectivity index is 1.40. The molecule has 158 valence electrons. The molecule has 0 radical (unpaired) electrons. The van der Waals surface area contributed by atoms with Crippen LogP contribution in [0.2, 0.25) is 0 Å². The van der Waals surface area contributed by atoms with Crippen molar-refractivity contribution in [1.82, 2.24) is 19.8 Å². The first-order valence-corrected chi connectivity index (χ1v) is 11.3. The van der Waals surface area contributed by atoms with Crippen molar-refractivity contribution in [3.05, 3.63) is 41.9 Å². The van der Waals surface area contributed by atoms with Crippen LogP contribution in [0.25, 0.3) is 11.0 Å². The maximum absolute atomic E-state index is 13.6. The zero-order valence-electron chi connectivity index (χ0n) is 17.7. The monoisotopic (exact) mass is 406 g/mol. The Hall–Kier alpha value is -2.63. The molecule has 1 N–H and O–H groups in total. The van der Waals surface area contributed by atoms with Gasteiger partial charge >= 0.3 is 0 Å². The first-order valence-electron chi connectivity index (χ1n) is 11.3. The number of amides is 2. The van der Waals surface area contributed by atoms with Crippen LogP contribution in [-0.4, -0.2) is 32.3 Å². The molecule has 2 aromatic rings. The van der Waals surface area contributed by atoms with Crippen LogP contribution in [0, 0.1) is 5.41 Å². The largest absolute Gasteiger partial charge is 0.348 e. The lowest BCUT2D eigenvalue weighted by Crippen LogP contribution is -2.55. The van der Waals surface area contributed by atoms with Gasteiger partial charge in [-0.05, 0) is 50.7 Å². The maximum atomic E-state index is 13.6. The molecule has 5 rings (SSSR count). The standard InChI is InChI=1S/C24H30N4O2/c1-27-19-11-5-4-10-18(19)26-21(27)16-25-23(30)24-14-7-6-12-20(24)28(22(29)13-15-24)17-8-2-3-9-17/h4-5,10-12,17H,2-3,6-9,13-16H2,1H3,(H,25,30). The van der Waals surface area contributed by atoms with Crippen molar-refractivity contribution in [1.29, 1.82) is 0 Å². The number of aromatic nitrogens is 2. The number of aryl methyl sites for hydroxylation is 1. The van der Waals surface area contributed by atoms with E-state index in [-0.39, 0.29) is 17.9 Å². The number of nitrogens with zero attached hydrogens (tertiary/aromatic N) is 3. The third kappa shape index (κ3) is 3.04. The fourth-order valence-corrected chi connectivity index (χ4v) is 5.71. The van der Waals surface area contributed by atoms with Crippen LogP contribution >= 0.6 is 0 Å². The molecule has 6 heteroatoms. The molecule has 0 spiro atoms. The van der Waals surface area contributed by atoms with Gasteiger partial charge in [-0.15, -0.1) is 0 Å². The molecule has 1 aliphatic heterocycles. The molecular formula is C24H30N4O2. The summed E-state index contributed by atoms with van der Waals surface area (Å²) >= 11 is 0. The van der Waals surface area contributed by atoms with Crippen LogP contribution in [0.3, 0.4) is 0 Å². The molecule has 2 heterocycles. The molecule has 1 saturated heterocycles. The average Bonchev–Trinajstić information content (AvgIpc) is 3.40. The number of hydrogen-bond donors (Lipinski definition) is 1. The molecule has 0 bridgehead atoms. The van der Waals surface area contributed by atoms with Crippen molar-refractivity contribution < 1.29 is 9.59 Å². The topological polar surface area (TPSA) is 67.2 Å². The first kappa shape index (κ1) is 19.3. The highest BCUT2D eigenvalue weighted by Crippen LogP contribution is 2.49. The highest BCUT2D eigenvalue weighted by atomic mass is 16.2. The average molecular weight is 407 g/mol. The minimum absolute atomic E-state index is 0.0519. The summed E-state index contributed by atoms with van der Waals surface area (Å²) in [7, 11) is 1.99. The summed E-state index contributed by atoms with van der Waals surface area (Å²) in [6.45, 7) is 0.399. The van der Waals surface area contributed by atoms with E-state index in [4.69, 9.17) is 4.98 Å². The second-order valence-corrected chi connectivity index (χ2v) is 9.02. The number of benzene rings is 1. The quantitative estimate of drug-likeness (QED) is 0.840. The zero-order valence-corrected chi connectivity index (χ0v) is 17.7. The van der Waals surface area contributed by atoms with E-state index < -0.39 is 5.41 Å². The Bertz CT molecular complexity index is 1020. The van der Waals surface area contributed by atoms with Gasteiger partial charge < -0.3 is 14.8 Å². The van der Waals surface area contributed by atoms with E-state index in [0.29, 0.717) is 19.4 Å². The van der Waals surface area contributed by atoms with Crippen molar-refractivity contribution in [3.8, 4) is 0 Å². The fourth-order valence-electron chi connectivity index (χ4n) is 5.71. The smallest absolute Gasteiger partial charge is 0.232 e. The van der Waals surface area contributed by atoms with Gasteiger partial charge in [0, 0.05) is 25.2 Å². The summed E-state index contributed by atoms with van der Waals surface area (Å²) in [5.74, 6) is 1.10. The minimum atomic E-state index is -0.570. The number of para-hydroxylation sites is 2. The molecule has 30 heavy (non-hydrogen) atoms. The summed E-state index contributed by atoms with van der Waals surface area (Å²) in [5, 5.41) is 3.19. The highest BCUT2D eigenvalue weighted by Gasteiger charge is 2.51. The Kier molecular flexibility index (Phi) is 4.88. The molecule has 2 amide bonds. The van der Waals surface area contributed by atoms with Crippen molar-refractivity contribution in [2.75, 3.05) is 0 Å². The van der Waals surface area contributed by atoms with Crippen LogP contribution in [0.4, 0.5) is 0 Å². The van der Waals surface area contributed by atoms with Crippen LogP contribution < -0.4 is 5.32 Å². The first-order chi connectivity index (χ1) is 14.6. The number of imidazole rings is 1. The van der Waals surface area contributed by atoms with Gasteiger partial charge in [0.1, 0.15) is 5.82 Å². The van der Waals surface area contributed by atoms with Gasteiger partial charge in [0.15, 0.2) is 0 Å². The Labute approximate surface area is 177 Å². The molecule has 2 fully saturated rings. The molecule has 1 aromatic heterocycles. The van der Waals surface area contributed by atoms with Gasteiger partial charge in [-0.25, -0.2) is 4.98 Å². The molecule has 3 aliphatic rings. The predicted molar refractivity (Wildman–Crippen MR) is 115 cm³/mol. The van der Waals surface area contributed by atoms with Crippen molar-refractivity contribution in [3.63, 3.8) is 0 Å². The van der Waals surface area contributed by atoms with Crippen molar-refractivity contribution >= 4 is 22.8 Å². The number of fused-ring (bicyclic) bond motifs is 2. The summed E-state index contributed by atoms with van der Waals surface area (Å²) in [4.78, 5) is 33.2. The van der Waals surface area contributed by atoms with Gasteiger partial charge in [0.25, 0.3) is 0 Å². The third-order valence-corrected chi connectivity index (χ3v) is 7.34. The second-order valence-electron chi connectivity index (χ2n) is 9.02. The van der Waals surface area contributed by atoms with Crippen LogP contribution in [-0.2, 0) is 23.2 Å². The molecule has 1 saturated carbocycles. The number of carbonyl (C=O) groups is 2. The van der Waals surface area contributed by atoms with Gasteiger partial charge in [-0.3, -0.25) is 9.59 Å². The molecule has 1 unspecified atom stereocenters. The van der Waals surface area contributed by atoms with E-state index in [2.05, 4.69) is 11.4 Å². The maximum Gasteiger partial charge on any atom is 0.232 e. The number of carbonyl (C=O) groups excluding carboxylic acids is 2. The van der Waals surface area contributed by atoms with Gasteiger partial charge in [-0.2, -0.15) is 0 Å². The van der Waals surface area contributed by atoms with Gasteiger partial charge in [-0.1, -0.05) is 31.1 Å². The van der Waals surface area contributed by atoms with Gasteiger partial charge in [0.2, 0.25) is 11.8 Å². The Morgan fingerprint density at radius 1 is 1.20 bits per heavy atom. The normalized spacial score (nSPS) is 24.8. The van der Waals surface area contributed by atoms with E-state index in [9.17, 15) is 9.59 Å². The number of nitrogens with one attached hydrogen (secondary N) is 1. The predicted octanol–water partition coefficient (Wildman–Crippen LogP) is 3.81. The third-order valence-electron chi connectivity index (χ3n) is 7.34. The highest BCUT2D eigenvalue weighted by molar-refractivity contribution is 5.91. The fraction of sp³-hybridized carbons (Fsp3) is 0.542. The van der Waals surface area contributed by atoms with Crippen LogP contribution in [0.15, 0.2) is 36.0 Å². The molecule has 6 nitrogen and oxygen atoms in total. The summed E-state index contributed by atoms with van der Waals surface area (Å²) in [6, 6.07) is 8.29. The lowest BCUT2D eigenvalue weighted by Gasteiger charge is -2.48. The summed E-state index contributed by atoms with van der Waals surface area (Å²) < 4.78 is 2.04. The van der Waals surface area contributed by atoms with E-state index in [1.165, 1.54) is 12.8 Å². The number of rotatable bonds is 4. The molecule has 2 aliphatic carbocycles. The number of piperidine rings is 1. The lowest BCUT2D eigenvalue weighted by molar-refractivity contribution is -0.142. The lowest BCUT2D eigenvalue weighted by atomic mass is 9.68. The van der Waals surface area contributed by atoms with Crippen molar-refractivity contribution in [2.45, 2.75) is 70.4 Å². The van der Waals surface area contributed by atoms with E-state index in [0.717, 1.165) is 54.7 Å². The number of allylic oxidation sites excluding steroid dienone is 1. The second kappa shape index (κ2) is 7.56.